The summed E-state index contributed by atoms with van der Waals surface area (Å²) in [4.78, 5) is 27.1. The minimum atomic E-state index is -0.486. The predicted octanol–water partition coefficient (Wildman–Crippen LogP) is 3.02. The molecule has 1 aromatic carbocycles. The van der Waals surface area contributed by atoms with Crippen LogP contribution in [0.5, 0.6) is 5.75 Å². The average Bonchev–Trinajstić information content (AvgIpc) is 2.79. The van der Waals surface area contributed by atoms with Gasteiger partial charge in [-0.2, -0.15) is 0 Å². The van der Waals surface area contributed by atoms with Crippen molar-refractivity contribution in [3.63, 3.8) is 0 Å². The Morgan fingerprint density at radius 2 is 1.97 bits per heavy atom. The summed E-state index contributed by atoms with van der Waals surface area (Å²) in [6.07, 6.45) is 4.27. The average molecular weight is 488 g/mol. The van der Waals surface area contributed by atoms with Crippen molar-refractivity contribution in [1.29, 1.82) is 0 Å². The minimum absolute atomic E-state index is 0.0970. The van der Waals surface area contributed by atoms with E-state index in [1.54, 1.807) is 11.8 Å². The number of rotatable bonds is 11. The summed E-state index contributed by atoms with van der Waals surface area (Å²) < 4.78 is 16.0. The number of esters is 2. The Kier molecular flexibility index (Phi) is 10.9. The van der Waals surface area contributed by atoms with Crippen molar-refractivity contribution < 1.29 is 23.8 Å². The van der Waals surface area contributed by atoms with Crippen LogP contribution in [0.1, 0.15) is 36.5 Å². The van der Waals surface area contributed by atoms with Crippen LogP contribution in [0.3, 0.4) is 0 Å². The molecule has 8 nitrogen and oxygen atoms in total. The Morgan fingerprint density at radius 1 is 1.28 bits per heavy atom. The molecule has 1 aliphatic rings. The lowest BCUT2D eigenvalue weighted by Gasteiger charge is -2.34. The third-order valence-corrected chi connectivity index (χ3v) is 6.74. The van der Waals surface area contributed by atoms with Crippen LogP contribution in [-0.2, 0) is 14.3 Å². The molecule has 0 aromatic heterocycles. The fourth-order valence-corrected chi connectivity index (χ4v) is 4.29. The van der Waals surface area contributed by atoms with E-state index in [1.165, 1.54) is 19.2 Å². The molecule has 4 N–H and O–H groups in total. The largest absolute Gasteiger partial charge is 0.496 e. The van der Waals surface area contributed by atoms with Crippen molar-refractivity contribution in [3.8, 4) is 5.75 Å². The van der Waals surface area contributed by atoms with Crippen molar-refractivity contribution in [2.45, 2.75) is 31.6 Å². The van der Waals surface area contributed by atoms with Crippen LogP contribution in [0.25, 0.3) is 0 Å². The van der Waals surface area contributed by atoms with Crippen LogP contribution in [0, 0.1) is 11.8 Å². The summed E-state index contributed by atoms with van der Waals surface area (Å²) in [5, 5.41) is 0.184. The maximum atomic E-state index is 12.5. The summed E-state index contributed by atoms with van der Waals surface area (Å²) in [7, 11) is 1.46. The minimum Gasteiger partial charge on any atom is -0.496 e. The van der Waals surface area contributed by atoms with Crippen LogP contribution in [0.2, 0.25) is 5.02 Å². The molecule has 1 fully saturated rings. The molecule has 1 aromatic rings. The lowest BCUT2D eigenvalue weighted by molar-refractivity contribution is -0.149. The number of nitrogen functional groups attached to an aromatic ring is 1. The van der Waals surface area contributed by atoms with Gasteiger partial charge in [-0.3, -0.25) is 4.79 Å². The number of likely N-dealkylation sites (tertiary alicyclic amines) is 1. The molecule has 10 heteroatoms. The van der Waals surface area contributed by atoms with E-state index in [0.717, 1.165) is 25.9 Å². The number of thioether (sulfide) groups is 1. The number of nitrogens with zero attached hydrogens (tertiary/aromatic N) is 1. The fourth-order valence-electron chi connectivity index (χ4n) is 3.70. The van der Waals surface area contributed by atoms with Crippen molar-refractivity contribution in [1.82, 2.24) is 4.90 Å². The number of piperidine rings is 1. The zero-order chi connectivity index (χ0) is 23.7. The monoisotopic (exact) mass is 487 g/mol. The maximum absolute atomic E-state index is 12.5. The number of methoxy groups -OCH3 is 1. The molecule has 180 valence electrons. The van der Waals surface area contributed by atoms with Gasteiger partial charge in [0.15, 0.2) is 0 Å². The highest BCUT2D eigenvalue weighted by Crippen LogP contribution is 2.30. The smallest absolute Gasteiger partial charge is 0.341 e. The highest BCUT2D eigenvalue weighted by molar-refractivity contribution is 7.99. The lowest BCUT2D eigenvalue weighted by Crippen LogP contribution is -2.41. The van der Waals surface area contributed by atoms with Gasteiger partial charge in [0.25, 0.3) is 0 Å². The molecular formula is C22H34ClN3O5S. The van der Waals surface area contributed by atoms with Gasteiger partial charge in [-0.1, -0.05) is 11.6 Å². The van der Waals surface area contributed by atoms with Gasteiger partial charge >= 0.3 is 11.9 Å². The summed E-state index contributed by atoms with van der Waals surface area (Å²) >= 11 is 7.58. The fraction of sp³-hybridized carbons (Fsp3) is 0.636. The molecule has 2 atom stereocenters. The molecule has 0 bridgehead atoms. The normalized spacial score (nSPS) is 16.9. The Hall–Kier alpha value is -1.68. The third kappa shape index (κ3) is 7.72. The van der Waals surface area contributed by atoms with E-state index in [-0.39, 0.29) is 33.8 Å². The molecule has 1 heterocycles. The molecule has 2 unspecified atom stereocenters. The summed E-state index contributed by atoms with van der Waals surface area (Å²) in [5.41, 5.74) is 12.4. The molecule has 32 heavy (non-hydrogen) atoms. The Balaban J connectivity index is 1.85. The van der Waals surface area contributed by atoms with E-state index >= 15 is 0 Å². The number of carbonyl (C=O) groups is 2. The zero-order valence-corrected chi connectivity index (χ0v) is 20.5. The topological polar surface area (TPSA) is 117 Å². The molecular weight excluding hydrogens is 454 g/mol. The summed E-state index contributed by atoms with van der Waals surface area (Å²) in [6, 6.07) is 2.98. The third-order valence-electron chi connectivity index (χ3n) is 5.61. The Bertz CT molecular complexity index is 774. The second-order valence-electron chi connectivity index (χ2n) is 7.88. The van der Waals surface area contributed by atoms with Gasteiger partial charge in [0.05, 0.1) is 42.3 Å². The molecule has 0 saturated carbocycles. The summed E-state index contributed by atoms with van der Waals surface area (Å²) in [5.74, 6) is -0.335. The molecule has 0 spiro atoms. The van der Waals surface area contributed by atoms with Gasteiger partial charge in [0.1, 0.15) is 11.3 Å². The highest BCUT2D eigenvalue weighted by Gasteiger charge is 2.28. The molecule has 0 radical (unpaired) electrons. The van der Waals surface area contributed by atoms with E-state index in [2.05, 4.69) is 4.90 Å². The molecule has 1 saturated heterocycles. The van der Waals surface area contributed by atoms with E-state index in [0.29, 0.717) is 37.6 Å². The Labute approximate surface area is 199 Å². The number of nitrogens with two attached hydrogens (primary N) is 2. The first kappa shape index (κ1) is 26.6. The number of carbonyl (C=O) groups excluding carboxylic acids is 2. The van der Waals surface area contributed by atoms with Crippen LogP contribution >= 0.6 is 23.4 Å². The van der Waals surface area contributed by atoms with Crippen LogP contribution in [0.4, 0.5) is 5.69 Å². The van der Waals surface area contributed by atoms with Gasteiger partial charge in [-0.15, -0.1) is 11.8 Å². The van der Waals surface area contributed by atoms with Crippen molar-refractivity contribution in [3.05, 3.63) is 22.7 Å². The van der Waals surface area contributed by atoms with E-state index in [9.17, 15) is 9.59 Å². The van der Waals surface area contributed by atoms with E-state index in [4.69, 9.17) is 37.3 Å². The second kappa shape index (κ2) is 13.1. The Morgan fingerprint density at radius 3 is 2.56 bits per heavy atom. The number of halogens is 1. The number of hydrogen-bond acceptors (Lipinski definition) is 9. The predicted molar refractivity (Wildman–Crippen MR) is 128 cm³/mol. The molecule has 1 aliphatic heterocycles. The second-order valence-corrected chi connectivity index (χ2v) is 9.36. The maximum Gasteiger partial charge on any atom is 0.341 e. The number of anilines is 1. The molecule has 2 rings (SSSR count). The standard InChI is InChI=1S/C22H34ClN3O5S/c1-4-30-21(27)15(9-20(25)32-3)12-26-7-5-14(6-8-26)13-31-22(28)16-10-17(23)18(24)11-19(16)29-2/h10-11,14-15,20H,4-9,12-13,24-25H2,1-3H3. The van der Waals surface area contributed by atoms with Crippen molar-refractivity contribution >= 4 is 41.0 Å². The first-order chi connectivity index (χ1) is 15.3. The van der Waals surface area contributed by atoms with E-state index < -0.39 is 5.97 Å². The number of hydrogen-bond donors (Lipinski definition) is 2. The highest BCUT2D eigenvalue weighted by atomic mass is 35.5. The number of ether oxygens (including phenoxy) is 3. The van der Waals surface area contributed by atoms with Gasteiger partial charge < -0.3 is 30.6 Å². The molecule has 0 aliphatic carbocycles. The quantitative estimate of drug-likeness (QED) is 0.276. The van der Waals surface area contributed by atoms with Gasteiger partial charge in [0, 0.05) is 12.6 Å². The summed E-state index contributed by atoms with van der Waals surface area (Å²) in [6.45, 7) is 4.76. The first-order valence-electron chi connectivity index (χ1n) is 10.8. The number of benzene rings is 1. The van der Waals surface area contributed by atoms with Crippen molar-refractivity contribution in [2.24, 2.45) is 17.6 Å². The first-order valence-corrected chi connectivity index (χ1v) is 12.4. The zero-order valence-electron chi connectivity index (χ0n) is 19.0. The van der Waals surface area contributed by atoms with Gasteiger partial charge in [-0.25, -0.2) is 4.79 Å². The van der Waals surface area contributed by atoms with Crippen LogP contribution < -0.4 is 16.2 Å². The van der Waals surface area contributed by atoms with Gasteiger partial charge in [0.2, 0.25) is 0 Å². The van der Waals surface area contributed by atoms with Crippen LogP contribution in [-0.4, -0.2) is 68.4 Å². The van der Waals surface area contributed by atoms with Gasteiger partial charge in [-0.05, 0) is 57.5 Å². The lowest BCUT2D eigenvalue weighted by atomic mass is 9.96. The van der Waals surface area contributed by atoms with Crippen LogP contribution in [0.15, 0.2) is 12.1 Å². The van der Waals surface area contributed by atoms with Crippen molar-refractivity contribution in [2.75, 3.05) is 51.9 Å². The molecule has 0 amide bonds. The van der Waals surface area contributed by atoms with E-state index in [1.807, 2.05) is 13.2 Å². The SMILES string of the molecule is CCOC(=O)C(CC(N)SC)CN1CCC(COC(=O)c2cc(Cl)c(N)cc2OC)CC1.